The SMILES string of the molecule is CCOC(=O)C1=C(c2ccccc2)OC(N)=C(C#N)C1c1ccccc1F. The molecule has 1 atom stereocenters. The van der Waals surface area contributed by atoms with Gasteiger partial charge in [-0.3, -0.25) is 0 Å². The predicted octanol–water partition coefficient (Wildman–Crippen LogP) is 3.61. The first-order valence-corrected chi connectivity index (χ1v) is 8.37. The first-order chi connectivity index (χ1) is 13.1. The van der Waals surface area contributed by atoms with Crippen LogP contribution in [0.4, 0.5) is 4.39 Å². The fourth-order valence-electron chi connectivity index (χ4n) is 3.00. The highest BCUT2D eigenvalue weighted by molar-refractivity contribution is 5.99. The zero-order valence-electron chi connectivity index (χ0n) is 14.6. The number of nitrogens with zero attached hydrogens (tertiary/aromatic N) is 1. The molecule has 6 heteroatoms. The highest BCUT2D eigenvalue weighted by Crippen LogP contribution is 2.43. The first kappa shape index (κ1) is 18.2. The summed E-state index contributed by atoms with van der Waals surface area (Å²) >= 11 is 0. The lowest BCUT2D eigenvalue weighted by molar-refractivity contribution is -0.138. The molecule has 0 saturated heterocycles. The highest BCUT2D eigenvalue weighted by atomic mass is 19.1. The van der Waals surface area contributed by atoms with Crippen molar-refractivity contribution in [1.82, 2.24) is 0 Å². The second kappa shape index (κ2) is 7.75. The van der Waals surface area contributed by atoms with E-state index in [4.69, 9.17) is 15.2 Å². The Balaban J connectivity index is 2.31. The first-order valence-electron chi connectivity index (χ1n) is 8.37. The molecule has 0 amide bonds. The van der Waals surface area contributed by atoms with Crippen LogP contribution in [0.3, 0.4) is 0 Å². The third-order valence-corrected chi connectivity index (χ3v) is 4.17. The highest BCUT2D eigenvalue weighted by Gasteiger charge is 2.39. The molecule has 0 bridgehead atoms. The average molecular weight is 364 g/mol. The molecule has 1 aliphatic heterocycles. The summed E-state index contributed by atoms with van der Waals surface area (Å²) in [5.41, 5.74) is 6.68. The number of rotatable bonds is 4. The number of carbonyl (C=O) groups is 1. The lowest BCUT2D eigenvalue weighted by Crippen LogP contribution is -2.26. The number of hydrogen-bond donors (Lipinski definition) is 1. The zero-order valence-corrected chi connectivity index (χ0v) is 14.6. The second-order valence-electron chi connectivity index (χ2n) is 5.78. The average Bonchev–Trinajstić information content (AvgIpc) is 2.68. The van der Waals surface area contributed by atoms with E-state index >= 15 is 0 Å². The Hall–Kier alpha value is -3.59. The number of benzene rings is 2. The van der Waals surface area contributed by atoms with Gasteiger partial charge in [-0.15, -0.1) is 0 Å². The summed E-state index contributed by atoms with van der Waals surface area (Å²) in [7, 11) is 0. The van der Waals surface area contributed by atoms with Crippen LogP contribution in [-0.2, 0) is 14.3 Å². The van der Waals surface area contributed by atoms with Crippen LogP contribution in [0.2, 0.25) is 0 Å². The van der Waals surface area contributed by atoms with Gasteiger partial charge in [0.25, 0.3) is 0 Å². The molecule has 1 unspecified atom stereocenters. The molecule has 1 heterocycles. The minimum Gasteiger partial charge on any atom is -0.463 e. The molecule has 0 aliphatic carbocycles. The van der Waals surface area contributed by atoms with Gasteiger partial charge in [-0.05, 0) is 13.0 Å². The Labute approximate surface area is 156 Å². The van der Waals surface area contributed by atoms with Gasteiger partial charge in [-0.25, -0.2) is 9.18 Å². The number of esters is 1. The number of nitrogens with two attached hydrogens (primary N) is 1. The summed E-state index contributed by atoms with van der Waals surface area (Å²) in [6, 6.07) is 16.7. The van der Waals surface area contributed by atoms with Gasteiger partial charge in [0.15, 0.2) is 0 Å². The third-order valence-electron chi connectivity index (χ3n) is 4.17. The molecule has 5 nitrogen and oxygen atoms in total. The van der Waals surface area contributed by atoms with Crippen LogP contribution < -0.4 is 5.73 Å². The molecule has 2 aromatic carbocycles. The third kappa shape index (κ3) is 3.40. The lowest BCUT2D eigenvalue weighted by Gasteiger charge is -2.28. The second-order valence-corrected chi connectivity index (χ2v) is 5.78. The topological polar surface area (TPSA) is 85.3 Å². The van der Waals surface area contributed by atoms with Crippen molar-refractivity contribution in [3.8, 4) is 6.07 Å². The molecule has 2 aromatic rings. The Bertz CT molecular complexity index is 974. The van der Waals surface area contributed by atoms with E-state index in [-0.39, 0.29) is 35.0 Å². The fourth-order valence-corrected chi connectivity index (χ4v) is 3.00. The Morgan fingerprint density at radius 1 is 1.22 bits per heavy atom. The monoisotopic (exact) mass is 364 g/mol. The molecule has 0 spiro atoms. The molecule has 0 fully saturated rings. The van der Waals surface area contributed by atoms with Crippen molar-refractivity contribution < 1.29 is 18.7 Å². The van der Waals surface area contributed by atoms with E-state index in [9.17, 15) is 14.4 Å². The largest absolute Gasteiger partial charge is 0.463 e. The van der Waals surface area contributed by atoms with Crippen molar-refractivity contribution in [2.75, 3.05) is 6.61 Å². The van der Waals surface area contributed by atoms with Crippen LogP contribution in [0.15, 0.2) is 71.6 Å². The molecule has 136 valence electrons. The summed E-state index contributed by atoms with van der Waals surface area (Å²) in [6.07, 6.45) is 0. The van der Waals surface area contributed by atoms with E-state index in [0.717, 1.165) is 0 Å². The van der Waals surface area contributed by atoms with Gasteiger partial charge >= 0.3 is 5.97 Å². The van der Waals surface area contributed by atoms with E-state index < -0.39 is 17.7 Å². The summed E-state index contributed by atoms with van der Waals surface area (Å²) < 4.78 is 25.4. The van der Waals surface area contributed by atoms with Crippen molar-refractivity contribution in [3.63, 3.8) is 0 Å². The van der Waals surface area contributed by atoms with Gasteiger partial charge in [0.1, 0.15) is 23.2 Å². The number of carbonyl (C=O) groups excluding carboxylic acids is 1. The van der Waals surface area contributed by atoms with Gasteiger partial charge in [-0.1, -0.05) is 48.5 Å². The number of nitriles is 1. The van der Waals surface area contributed by atoms with Crippen LogP contribution in [0, 0.1) is 17.1 Å². The zero-order chi connectivity index (χ0) is 19.4. The fraction of sp³-hybridized carbons (Fsp3) is 0.143. The van der Waals surface area contributed by atoms with Gasteiger partial charge in [0.2, 0.25) is 5.88 Å². The minimum absolute atomic E-state index is 0.0390. The maximum atomic E-state index is 14.6. The van der Waals surface area contributed by atoms with Gasteiger partial charge in [0.05, 0.1) is 18.1 Å². The molecule has 0 saturated carbocycles. The van der Waals surface area contributed by atoms with Crippen LogP contribution >= 0.6 is 0 Å². The molecule has 1 aliphatic rings. The maximum Gasteiger partial charge on any atom is 0.338 e. The van der Waals surface area contributed by atoms with Gasteiger partial charge in [0, 0.05) is 11.1 Å². The van der Waals surface area contributed by atoms with Crippen molar-refractivity contribution in [2.24, 2.45) is 5.73 Å². The van der Waals surface area contributed by atoms with Crippen LogP contribution in [0.1, 0.15) is 24.0 Å². The van der Waals surface area contributed by atoms with Crippen molar-refractivity contribution in [3.05, 3.63) is 88.6 Å². The summed E-state index contributed by atoms with van der Waals surface area (Å²) in [5.74, 6) is -2.29. The molecular formula is C21H17FN2O3. The molecule has 27 heavy (non-hydrogen) atoms. The van der Waals surface area contributed by atoms with Crippen molar-refractivity contribution in [2.45, 2.75) is 12.8 Å². The van der Waals surface area contributed by atoms with Crippen LogP contribution in [0.25, 0.3) is 5.76 Å². The van der Waals surface area contributed by atoms with Crippen molar-refractivity contribution >= 4 is 11.7 Å². The van der Waals surface area contributed by atoms with E-state index in [1.165, 1.54) is 18.2 Å². The standard InChI is InChI=1S/C21H17FN2O3/c1-2-26-21(25)18-17(14-10-6-7-11-16(14)22)15(12-23)20(24)27-19(18)13-8-4-3-5-9-13/h3-11,17H,2,24H2,1H3. The van der Waals surface area contributed by atoms with Gasteiger partial charge < -0.3 is 15.2 Å². The lowest BCUT2D eigenvalue weighted by atomic mass is 9.81. The quantitative estimate of drug-likeness (QED) is 0.838. The van der Waals surface area contributed by atoms with Crippen molar-refractivity contribution in [1.29, 1.82) is 5.26 Å². The van der Waals surface area contributed by atoms with E-state index in [0.29, 0.717) is 5.56 Å². The van der Waals surface area contributed by atoms with E-state index in [1.807, 2.05) is 12.1 Å². The Kier molecular flexibility index (Phi) is 5.23. The molecule has 2 N–H and O–H groups in total. The number of halogens is 1. The summed E-state index contributed by atoms with van der Waals surface area (Å²) in [6.45, 7) is 1.79. The predicted molar refractivity (Wildman–Crippen MR) is 97.0 cm³/mol. The molecular weight excluding hydrogens is 347 g/mol. The summed E-state index contributed by atoms with van der Waals surface area (Å²) in [4.78, 5) is 12.8. The maximum absolute atomic E-state index is 14.6. The number of ether oxygens (including phenoxy) is 2. The van der Waals surface area contributed by atoms with Crippen LogP contribution in [0.5, 0.6) is 0 Å². The molecule has 3 rings (SSSR count). The number of allylic oxidation sites excluding steroid dienone is 1. The van der Waals surface area contributed by atoms with Crippen LogP contribution in [-0.4, -0.2) is 12.6 Å². The Morgan fingerprint density at radius 3 is 2.52 bits per heavy atom. The Morgan fingerprint density at radius 2 is 1.89 bits per heavy atom. The number of hydrogen-bond acceptors (Lipinski definition) is 5. The smallest absolute Gasteiger partial charge is 0.338 e. The van der Waals surface area contributed by atoms with E-state index in [1.54, 1.807) is 37.3 Å². The molecule has 0 radical (unpaired) electrons. The normalized spacial score (nSPS) is 16.6. The van der Waals surface area contributed by atoms with E-state index in [2.05, 4.69) is 0 Å². The minimum atomic E-state index is -1.03. The van der Waals surface area contributed by atoms with Gasteiger partial charge in [-0.2, -0.15) is 5.26 Å². The summed E-state index contributed by atoms with van der Waals surface area (Å²) in [5, 5.41) is 9.61. The molecule has 0 aromatic heterocycles.